The standard InChI is InChI=1S/C21H22N6O/c1-13-11-14(2)24-21(23-13)27-16(4)19(15(3)26-27)12-20(28)25-18-7-5-17(6-8-18)9-10-22/h5-8,11H,9,12H2,1-4H3,(H,25,28). The second kappa shape index (κ2) is 8.01. The smallest absolute Gasteiger partial charge is 0.251 e. The third kappa shape index (κ3) is 4.23. The van der Waals surface area contributed by atoms with E-state index in [0.717, 1.165) is 33.9 Å². The zero-order valence-electron chi connectivity index (χ0n) is 16.4. The molecule has 28 heavy (non-hydrogen) atoms. The number of anilines is 1. The van der Waals surface area contributed by atoms with Crippen molar-refractivity contribution in [3.8, 4) is 12.0 Å². The Balaban J connectivity index is 1.78. The molecule has 7 heteroatoms. The summed E-state index contributed by atoms with van der Waals surface area (Å²) in [5, 5.41) is 16.2. The van der Waals surface area contributed by atoms with E-state index in [0.29, 0.717) is 18.1 Å². The van der Waals surface area contributed by atoms with Crippen LogP contribution in [0, 0.1) is 39.0 Å². The fraction of sp³-hybridized carbons (Fsp3) is 0.286. The van der Waals surface area contributed by atoms with Crippen LogP contribution in [0.4, 0.5) is 5.69 Å². The zero-order chi connectivity index (χ0) is 20.3. The van der Waals surface area contributed by atoms with Crippen molar-refractivity contribution >= 4 is 11.6 Å². The maximum absolute atomic E-state index is 12.5. The molecule has 0 spiro atoms. The van der Waals surface area contributed by atoms with E-state index in [1.165, 1.54) is 0 Å². The summed E-state index contributed by atoms with van der Waals surface area (Å²) in [7, 11) is 0. The second-order valence-electron chi connectivity index (χ2n) is 6.77. The Bertz CT molecular complexity index is 1040. The van der Waals surface area contributed by atoms with E-state index in [1.54, 1.807) is 16.8 Å². The van der Waals surface area contributed by atoms with Crippen molar-refractivity contribution in [2.45, 2.75) is 40.5 Å². The monoisotopic (exact) mass is 374 g/mol. The first-order chi connectivity index (χ1) is 13.4. The van der Waals surface area contributed by atoms with E-state index in [9.17, 15) is 4.79 Å². The Morgan fingerprint density at radius 2 is 1.75 bits per heavy atom. The largest absolute Gasteiger partial charge is 0.326 e. The molecule has 0 radical (unpaired) electrons. The molecule has 0 unspecified atom stereocenters. The average molecular weight is 374 g/mol. The lowest BCUT2D eigenvalue weighted by molar-refractivity contribution is -0.115. The number of carbonyl (C=O) groups is 1. The molecule has 142 valence electrons. The van der Waals surface area contributed by atoms with Crippen molar-refractivity contribution < 1.29 is 4.79 Å². The average Bonchev–Trinajstić information content (AvgIpc) is 2.91. The Kier molecular flexibility index (Phi) is 5.50. The summed E-state index contributed by atoms with van der Waals surface area (Å²) < 4.78 is 1.69. The predicted molar refractivity (Wildman–Crippen MR) is 106 cm³/mol. The number of hydrogen-bond acceptors (Lipinski definition) is 5. The lowest BCUT2D eigenvalue weighted by Crippen LogP contribution is -2.15. The van der Waals surface area contributed by atoms with Crippen molar-refractivity contribution in [1.82, 2.24) is 19.7 Å². The molecule has 1 N–H and O–H groups in total. The molecule has 0 saturated carbocycles. The van der Waals surface area contributed by atoms with Gasteiger partial charge in [-0.2, -0.15) is 10.4 Å². The van der Waals surface area contributed by atoms with E-state index < -0.39 is 0 Å². The molecule has 0 aliphatic heterocycles. The normalized spacial score (nSPS) is 10.5. The quantitative estimate of drug-likeness (QED) is 0.740. The maximum Gasteiger partial charge on any atom is 0.251 e. The summed E-state index contributed by atoms with van der Waals surface area (Å²) in [5.74, 6) is 0.387. The molecular formula is C21H22N6O. The summed E-state index contributed by atoms with van der Waals surface area (Å²) in [6, 6.07) is 11.3. The Morgan fingerprint density at radius 3 is 2.36 bits per heavy atom. The number of aromatic nitrogens is 4. The van der Waals surface area contributed by atoms with Gasteiger partial charge in [-0.25, -0.2) is 14.6 Å². The van der Waals surface area contributed by atoms with Gasteiger partial charge in [0.2, 0.25) is 5.91 Å². The number of nitrogens with zero attached hydrogens (tertiary/aromatic N) is 5. The van der Waals surface area contributed by atoms with Crippen molar-refractivity contribution in [3.63, 3.8) is 0 Å². The van der Waals surface area contributed by atoms with Crippen LogP contribution < -0.4 is 5.32 Å². The molecule has 7 nitrogen and oxygen atoms in total. The van der Waals surface area contributed by atoms with E-state index in [-0.39, 0.29) is 12.3 Å². The van der Waals surface area contributed by atoms with Gasteiger partial charge < -0.3 is 5.32 Å². The van der Waals surface area contributed by atoms with Gasteiger partial charge in [-0.1, -0.05) is 12.1 Å². The molecule has 0 atom stereocenters. The van der Waals surface area contributed by atoms with Crippen LogP contribution in [0.1, 0.15) is 33.9 Å². The van der Waals surface area contributed by atoms with Gasteiger partial charge in [0, 0.05) is 28.3 Å². The number of hydrogen-bond donors (Lipinski definition) is 1. The first kappa shape index (κ1) is 19.2. The number of amides is 1. The number of nitriles is 1. The second-order valence-corrected chi connectivity index (χ2v) is 6.77. The van der Waals surface area contributed by atoms with Gasteiger partial charge >= 0.3 is 0 Å². The highest BCUT2D eigenvalue weighted by atomic mass is 16.1. The molecule has 2 aromatic heterocycles. The first-order valence-electron chi connectivity index (χ1n) is 9.01. The van der Waals surface area contributed by atoms with Gasteiger partial charge in [-0.3, -0.25) is 4.79 Å². The first-order valence-corrected chi connectivity index (χ1v) is 9.01. The Hall–Kier alpha value is -3.53. The number of rotatable bonds is 5. The predicted octanol–water partition coefficient (Wildman–Crippen LogP) is 3.14. The summed E-state index contributed by atoms with van der Waals surface area (Å²) in [6.45, 7) is 7.63. The highest BCUT2D eigenvalue weighted by molar-refractivity contribution is 5.92. The van der Waals surface area contributed by atoms with Gasteiger partial charge in [-0.05, 0) is 51.5 Å². The lowest BCUT2D eigenvalue weighted by atomic mass is 10.1. The molecule has 2 heterocycles. The van der Waals surface area contributed by atoms with Crippen LogP contribution in [0.15, 0.2) is 30.3 Å². The highest BCUT2D eigenvalue weighted by Gasteiger charge is 2.17. The van der Waals surface area contributed by atoms with E-state index in [4.69, 9.17) is 5.26 Å². The molecule has 1 aromatic carbocycles. The van der Waals surface area contributed by atoms with Gasteiger partial charge in [-0.15, -0.1) is 0 Å². The third-order valence-corrected chi connectivity index (χ3v) is 4.46. The number of aryl methyl sites for hydroxylation is 3. The lowest BCUT2D eigenvalue weighted by Gasteiger charge is -2.07. The van der Waals surface area contributed by atoms with Crippen LogP contribution in [0.3, 0.4) is 0 Å². The molecule has 0 aliphatic rings. The molecule has 0 fully saturated rings. The maximum atomic E-state index is 12.5. The highest BCUT2D eigenvalue weighted by Crippen LogP contribution is 2.18. The van der Waals surface area contributed by atoms with Crippen LogP contribution in [-0.4, -0.2) is 25.7 Å². The molecule has 0 bridgehead atoms. The van der Waals surface area contributed by atoms with Gasteiger partial charge in [0.05, 0.1) is 24.6 Å². The van der Waals surface area contributed by atoms with E-state index in [2.05, 4.69) is 26.5 Å². The van der Waals surface area contributed by atoms with Crippen LogP contribution in [-0.2, 0) is 17.6 Å². The molecule has 3 aromatic rings. The topological polar surface area (TPSA) is 96.5 Å². The summed E-state index contributed by atoms with van der Waals surface area (Å²) in [6.07, 6.45) is 0.564. The Labute approximate surface area is 164 Å². The van der Waals surface area contributed by atoms with E-state index in [1.807, 2.05) is 45.9 Å². The molecular weight excluding hydrogens is 352 g/mol. The van der Waals surface area contributed by atoms with Crippen LogP contribution >= 0.6 is 0 Å². The molecule has 3 rings (SSSR count). The van der Waals surface area contributed by atoms with Crippen molar-refractivity contribution in [2.75, 3.05) is 5.32 Å². The third-order valence-electron chi connectivity index (χ3n) is 4.46. The zero-order valence-corrected chi connectivity index (χ0v) is 16.4. The van der Waals surface area contributed by atoms with Crippen LogP contribution in [0.2, 0.25) is 0 Å². The molecule has 1 amide bonds. The van der Waals surface area contributed by atoms with Crippen molar-refractivity contribution in [2.24, 2.45) is 0 Å². The summed E-state index contributed by atoms with van der Waals surface area (Å²) in [5.41, 5.74) is 5.85. The Morgan fingerprint density at radius 1 is 1.11 bits per heavy atom. The van der Waals surface area contributed by atoms with Crippen molar-refractivity contribution in [3.05, 3.63) is 64.2 Å². The fourth-order valence-electron chi connectivity index (χ4n) is 3.09. The SMILES string of the molecule is Cc1cc(C)nc(-n2nc(C)c(CC(=O)Nc3ccc(CC#N)cc3)c2C)n1. The summed E-state index contributed by atoms with van der Waals surface area (Å²) in [4.78, 5) is 21.4. The fourth-order valence-corrected chi connectivity index (χ4v) is 3.09. The van der Waals surface area contributed by atoms with Gasteiger partial charge in [0.25, 0.3) is 5.95 Å². The molecule has 0 saturated heterocycles. The van der Waals surface area contributed by atoms with Gasteiger partial charge in [0.1, 0.15) is 0 Å². The number of carbonyl (C=O) groups excluding carboxylic acids is 1. The molecule has 0 aliphatic carbocycles. The van der Waals surface area contributed by atoms with Crippen LogP contribution in [0.25, 0.3) is 5.95 Å². The van der Waals surface area contributed by atoms with E-state index >= 15 is 0 Å². The van der Waals surface area contributed by atoms with Crippen molar-refractivity contribution in [1.29, 1.82) is 5.26 Å². The number of nitrogens with one attached hydrogen (secondary N) is 1. The van der Waals surface area contributed by atoms with Gasteiger partial charge in [0.15, 0.2) is 0 Å². The minimum Gasteiger partial charge on any atom is -0.326 e. The minimum atomic E-state index is -0.125. The van der Waals surface area contributed by atoms with Crippen LogP contribution in [0.5, 0.6) is 0 Å². The number of benzene rings is 1. The summed E-state index contributed by atoms with van der Waals surface area (Å²) >= 11 is 0. The minimum absolute atomic E-state index is 0.125.